The molecule has 10 heavy (non-hydrogen) atoms. The molecule has 0 saturated heterocycles. The minimum Gasteiger partial charge on any atom is -0.396 e. The molecule has 0 unspecified atom stereocenters. The molecule has 0 atom stereocenters. The number of aromatic nitrogens is 3. The fourth-order valence-electron chi connectivity index (χ4n) is 0.630. The van der Waals surface area contributed by atoms with Gasteiger partial charge in [-0.3, -0.25) is 5.10 Å². The number of aromatic amines is 1. The van der Waals surface area contributed by atoms with E-state index in [2.05, 4.69) is 31.1 Å². The van der Waals surface area contributed by atoms with Crippen LogP contribution in [0.5, 0.6) is 0 Å². The maximum absolute atomic E-state index is 8.46. The number of nitrogens with one attached hydrogen (secondary N) is 1. The first kappa shape index (κ1) is 7.68. The van der Waals surface area contributed by atoms with Crippen LogP contribution in [0.1, 0.15) is 12.2 Å². The van der Waals surface area contributed by atoms with Gasteiger partial charge in [0.15, 0.2) is 0 Å². The number of halogens is 1. The van der Waals surface area contributed by atoms with Crippen molar-refractivity contribution >= 4 is 15.9 Å². The van der Waals surface area contributed by atoms with E-state index in [1.807, 2.05) is 0 Å². The van der Waals surface area contributed by atoms with E-state index >= 15 is 0 Å². The third-order valence-electron chi connectivity index (χ3n) is 1.08. The molecule has 1 heterocycles. The molecule has 2 N–H and O–H groups in total. The van der Waals surface area contributed by atoms with Crippen LogP contribution in [0, 0.1) is 0 Å². The first-order valence-corrected chi connectivity index (χ1v) is 3.80. The summed E-state index contributed by atoms with van der Waals surface area (Å²) in [5.74, 6) is 0.806. The Morgan fingerprint density at radius 2 is 2.40 bits per heavy atom. The van der Waals surface area contributed by atoms with Crippen LogP contribution in [0.2, 0.25) is 0 Å². The second-order valence-corrected chi connectivity index (χ2v) is 2.59. The number of aliphatic hydroxyl groups is 1. The van der Waals surface area contributed by atoms with Crippen LogP contribution in [-0.4, -0.2) is 26.9 Å². The molecular formula is C5H8BrN3O. The highest BCUT2D eigenvalue weighted by atomic mass is 79.9. The molecule has 0 saturated carbocycles. The minimum absolute atomic E-state index is 0.193. The summed E-state index contributed by atoms with van der Waals surface area (Å²) in [6.07, 6.45) is 1.47. The zero-order valence-electron chi connectivity index (χ0n) is 5.34. The Hall–Kier alpha value is -0.420. The summed E-state index contributed by atoms with van der Waals surface area (Å²) in [6.45, 7) is 0.193. The van der Waals surface area contributed by atoms with Gasteiger partial charge in [-0.15, -0.1) is 5.10 Å². The lowest BCUT2D eigenvalue weighted by Crippen LogP contribution is -1.91. The third-order valence-corrected chi connectivity index (χ3v) is 1.43. The highest BCUT2D eigenvalue weighted by Crippen LogP contribution is 2.01. The Kier molecular flexibility index (Phi) is 2.82. The Labute approximate surface area is 66.8 Å². The zero-order chi connectivity index (χ0) is 7.40. The lowest BCUT2D eigenvalue weighted by Gasteiger charge is -1.88. The maximum atomic E-state index is 8.46. The fourth-order valence-corrected chi connectivity index (χ4v) is 0.933. The van der Waals surface area contributed by atoms with Gasteiger partial charge in [0.25, 0.3) is 0 Å². The number of rotatable bonds is 3. The van der Waals surface area contributed by atoms with E-state index < -0.39 is 0 Å². The smallest absolute Gasteiger partial charge is 0.217 e. The van der Waals surface area contributed by atoms with Crippen LogP contribution < -0.4 is 0 Å². The molecular weight excluding hydrogens is 198 g/mol. The van der Waals surface area contributed by atoms with Crippen LogP contribution in [0.3, 0.4) is 0 Å². The van der Waals surface area contributed by atoms with Gasteiger partial charge in [0.2, 0.25) is 4.73 Å². The van der Waals surface area contributed by atoms with Crippen LogP contribution in [0.15, 0.2) is 4.73 Å². The van der Waals surface area contributed by atoms with Crippen LogP contribution in [0.25, 0.3) is 0 Å². The molecule has 1 aromatic heterocycles. The average molecular weight is 206 g/mol. The van der Waals surface area contributed by atoms with E-state index in [9.17, 15) is 0 Å². The molecule has 1 aromatic rings. The summed E-state index contributed by atoms with van der Waals surface area (Å²) in [7, 11) is 0. The van der Waals surface area contributed by atoms with E-state index in [1.165, 1.54) is 0 Å². The molecule has 5 heteroatoms. The van der Waals surface area contributed by atoms with E-state index in [4.69, 9.17) is 5.11 Å². The predicted molar refractivity (Wildman–Crippen MR) is 39.5 cm³/mol. The molecule has 0 amide bonds. The Bertz CT molecular complexity index is 201. The summed E-state index contributed by atoms with van der Waals surface area (Å²) in [5, 5.41) is 15.0. The number of hydrogen-bond donors (Lipinski definition) is 2. The van der Waals surface area contributed by atoms with Gasteiger partial charge in [-0.1, -0.05) is 0 Å². The van der Waals surface area contributed by atoms with Crippen molar-refractivity contribution in [2.45, 2.75) is 12.8 Å². The maximum Gasteiger partial charge on any atom is 0.217 e. The van der Waals surface area contributed by atoms with Gasteiger partial charge in [-0.2, -0.15) is 0 Å². The molecule has 1 rings (SSSR count). The predicted octanol–water partition coefficient (Wildman–Crippen LogP) is 0.492. The highest BCUT2D eigenvalue weighted by molar-refractivity contribution is 9.10. The number of aliphatic hydroxyl groups excluding tert-OH is 1. The molecule has 0 bridgehead atoms. The van der Waals surface area contributed by atoms with Crippen LogP contribution in [0.4, 0.5) is 0 Å². The molecule has 0 spiro atoms. The quantitative estimate of drug-likeness (QED) is 0.756. The molecule has 0 aliphatic rings. The monoisotopic (exact) mass is 205 g/mol. The van der Waals surface area contributed by atoms with Crippen molar-refractivity contribution in [1.82, 2.24) is 15.2 Å². The molecule has 56 valence electrons. The number of H-pyrrole nitrogens is 1. The Balaban J connectivity index is 2.42. The summed E-state index contributed by atoms with van der Waals surface area (Å²) < 4.78 is 0.570. The van der Waals surface area contributed by atoms with Gasteiger partial charge >= 0.3 is 0 Å². The van der Waals surface area contributed by atoms with Crippen molar-refractivity contribution in [3.05, 3.63) is 10.6 Å². The first-order valence-electron chi connectivity index (χ1n) is 3.00. The third kappa shape index (κ3) is 2.07. The standard InChI is InChI=1S/C5H8BrN3O/c6-5-7-4(8-9-5)2-1-3-10/h10H,1-3H2,(H,7,8,9). The van der Waals surface area contributed by atoms with Gasteiger partial charge in [0.05, 0.1) is 0 Å². The minimum atomic E-state index is 0.193. The topological polar surface area (TPSA) is 61.8 Å². The molecule has 0 aliphatic heterocycles. The van der Waals surface area contributed by atoms with Crippen LogP contribution >= 0.6 is 15.9 Å². The van der Waals surface area contributed by atoms with Crippen molar-refractivity contribution in [2.75, 3.05) is 6.61 Å². The molecule has 4 nitrogen and oxygen atoms in total. The normalized spacial score (nSPS) is 10.2. The highest BCUT2D eigenvalue weighted by Gasteiger charge is 1.97. The van der Waals surface area contributed by atoms with Crippen molar-refractivity contribution in [3.63, 3.8) is 0 Å². The summed E-state index contributed by atoms with van der Waals surface area (Å²) >= 11 is 3.11. The molecule has 0 aliphatic carbocycles. The van der Waals surface area contributed by atoms with Crippen molar-refractivity contribution < 1.29 is 5.11 Å². The summed E-state index contributed by atoms with van der Waals surface area (Å²) in [4.78, 5) is 3.99. The number of hydrogen-bond acceptors (Lipinski definition) is 3. The zero-order valence-corrected chi connectivity index (χ0v) is 6.93. The fraction of sp³-hybridized carbons (Fsp3) is 0.600. The first-order chi connectivity index (χ1) is 4.83. The number of nitrogens with zero attached hydrogens (tertiary/aromatic N) is 2. The van der Waals surface area contributed by atoms with E-state index in [0.717, 1.165) is 18.7 Å². The van der Waals surface area contributed by atoms with E-state index in [1.54, 1.807) is 0 Å². The Morgan fingerprint density at radius 1 is 1.60 bits per heavy atom. The molecule has 0 aromatic carbocycles. The Morgan fingerprint density at radius 3 is 2.90 bits per heavy atom. The van der Waals surface area contributed by atoms with Crippen LogP contribution in [-0.2, 0) is 6.42 Å². The lowest BCUT2D eigenvalue weighted by molar-refractivity contribution is 0.287. The second kappa shape index (κ2) is 3.68. The van der Waals surface area contributed by atoms with Gasteiger partial charge in [-0.25, -0.2) is 4.98 Å². The van der Waals surface area contributed by atoms with E-state index in [-0.39, 0.29) is 6.61 Å². The van der Waals surface area contributed by atoms with Gasteiger partial charge in [-0.05, 0) is 22.4 Å². The molecule has 0 fully saturated rings. The van der Waals surface area contributed by atoms with Gasteiger partial charge in [0.1, 0.15) is 5.82 Å². The van der Waals surface area contributed by atoms with Gasteiger partial charge < -0.3 is 5.11 Å². The lowest BCUT2D eigenvalue weighted by atomic mass is 10.3. The molecule has 0 radical (unpaired) electrons. The van der Waals surface area contributed by atoms with Crippen molar-refractivity contribution in [3.8, 4) is 0 Å². The van der Waals surface area contributed by atoms with Crippen molar-refractivity contribution in [2.24, 2.45) is 0 Å². The largest absolute Gasteiger partial charge is 0.396 e. The van der Waals surface area contributed by atoms with Gasteiger partial charge in [0, 0.05) is 13.0 Å². The second-order valence-electron chi connectivity index (χ2n) is 1.88. The summed E-state index contributed by atoms with van der Waals surface area (Å²) in [6, 6.07) is 0. The SMILES string of the molecule is OCCCc1nc(Br)n[nH]1. The van der Waals surface area contributed by atoms with E-state index in [0.29, 0.717) is 4.73 Å². The summed E-state index contributed by atoms with van der Waals surface area (Å²) in [5.41, 5.74) is 0. The average Bonchev–Trinajstić information content (AvgIpc) is 2.31. The van der Waals surface area contributed by atoms with Crippen molar-refractivity contribution in [1.29, 1.82) is 0 Å². The number of aryl methyl sites for hydroxylation is 1.